The Kier molecular flexibility index (Phi) is 4.56. The van der Waals surface area contributed by atoms with Crippen LogP contribution in [-0.2, 0) is 11.3 Å². The van der Waals surface area contributed by atoms with Crippen LogP contribution >= 0.6 is 0 Å². The minimum absolute atomic E-state index is 0.178. The molecule has 1 heterocycles. The monoisotopic (exact) mass is 257 g/mol. The number of likely N-dealkylation sites (N-methyl/N-ethyl adjacent to an activating group) is 1. The Hall–Kier alpha value is -1.83. The van der Waals surface area contributed by atoms with Crippen molar-refractivity contribution in [3.63, 3.8) is 0 Å². The normalized spacial score (nSPS) is 16.1. The molecule has 0 spiro atoms. The van der Waals surface area contributed by atoms with Crippen molar-refractivity contribution < 1.29 is 4.79 Å². The van der Waals surface area contributed by atoms with Gasteiger partial charge >= 0.3 is 0 Å². The molecule has 4 nitrogen and oxygen atoms in total. The first kappa shape index (κ1) is 13.6. The number of nitrogens with zero attached hydrogens (tertiary/aromatic N) is 2. The summed E-state index contributed by atoms with van der Waals surface area (Å²) in [6, 6.07) is 8.03. The third-order valence-corrected chi connectivity index (χ3v) is 3.27. The lowest BCUT2D eigenvalue weighted by Crippen LogP contribution is -2.48. The molecule has 1 aromatic carbocycles. The molecule has 1 fully saturated rings. The summed E-state index contributed by atoms with van der Waals surface area (Å²) < 4.78 is 0. The molecule has 0 saturated carbocycles. The van der Waals surface area contributed by atoms with Gasteiger partial charge in [-0.2, -0.15) is 0 Å². The molecule has 4 heteroatoms. The van der Waals surface area contributed by atoms with Crippen molar-refractivity contribution in [1.29, 1.82) is 0 Å². The van der Waals surface area contributed by atoms with E-state index in [1.54, 1.807) is 4.90 Å². The van der Waals surface area contributed by atoms with E-state index in [1.165, 1.54) is 0 Å². The van der Waals surface area contributed by atoms with Crippen molar-refractivity contribution in [3.05, 3.63) is 35.4 Å². The van der Waals surface area contributed by atoms with Crippen molar-refractivity contribution in [2.24, 2.45) is 5.73 Å². The first-order valence-corrected chi connectivity index (χ1v) is 6.44. The van der Waals surface area contributed by atoms with Crippen molar-refractivity contribution in [3.8, 4) is 11.8 Å². The Morgan fingerprint density at radius 2 is 2.11 bits per heavy atom. The van der Waals surface area contributed by atoms with E-state index in [0.717, 1.165) is 30.8 Å². The summed E-state index contributed by atoms with van der Waals surface area (Å²) in [5.41, 5.74) is 7.56. The van der Waals surface area contributed by atoms with E-state index >= 15 is 0 Å². The number of piperazine rings is 1. The number of nitrogens with two attached hydrogens (primary N) is 1. The number of amides is 1. The molecule has 1 aliphatic heterocycles. The number of carbonyl (C=O) groups is 1. The summed E-state index contributed by atoms with van der Waals surface area (Å²) in [6.45, 7) is 3.29. The number of carbonyl (C=O) groups excluding carboxylic acids is 1. The zero-order valence-electron chi connectivity index (χ0n) is 11.2. The second-order valence-corrected chi connectivity index (χ2v) is 4.69. The smallest absolute Gasteiger partial charge is 0.236 e. The molecule has 19 heavy (non-hydrogen) atoms. The number of hydrogen-bond acceptors (Lipinski definition) is 3. The van der Waals surface area contributed by atoms with E-state index in [4.69, 9.17) is 5.73 Å². The summed E-state index contributed by atoms with van der Waals surface area (Å²) >= 11 is 0. The van der Waals surface area contributed by atoms with Gasteiger partial charge in [0.15, 0.2) is 0 Å². The number of benzene rings is 1. The van der Waals surface area contributed by atoms with Gasteiger partial charge in [-0.25, -0.2) is 0 Å². The van der Waals surface area contributed by atoms with E-state index in [1.807, 2.05) is 25.2 Å². The van der Waals surface area contributed by atoms with Crippen LogP contribution in [0.15, 0.2) is 24.3 Å². The van der Waals surface area contributed by atoms with Crippen LogP contribution in [0.5, 0.6) is 0 Å². The van der Waals surface area contributed by atoms with Crippen molar-refractivity contribution in [1.82, 2.24) is 9.80 Å². The predicted octanol–water partition coefficient (Wildman–Crippen LogP) is 0.271. The zero-order chi connectivity index (χ0) is 13.7. The van der Waals surface area contributed by atoms with E-state index in [0.29, 0.717) is 13.1 Å². The molecule has 1 saturated heterocycles. The summed E-state index contributed by atoms with van der Waals surface area (Å²) in [5, 5.41) is 0. The molecule has 0 aromatic heterocycles. The van der Waals surface area contributed by atoms with Gasteiger partial charge in [0, 0.05) is 32.2 Å². The van der Waals surface area contributed by atoms with Crippen LogP contribution in [0.25, 0.3) is 0 Å². The van der Waals surface area contributed by atoms with E-state index in [2.05, 4.69) is 22.8 Å². The van der Waals surface area contributed by atoms with Crippen LogP contribution in [0.1, 0.15) is 11.1 Å². The Morgan fingerprint density at radius 3 is 2.84 bits per heavy atom. The van der Waals surface area contributed by atoms with Gasteiger partial charge in [0.05, 0.1) is 13.1 Å². The highest BCUT2D eigenvalue weighted by atomic mass is 16.2. The first-order chi connectivity index (χ1) is 9.20. The minimum atomic E-state index is 0.178. The Morgan fingerprint density at radius 1 is 1.32 bits per heavy atom. The fourth-order valence-electron chi connectivity index (χ4n) is 2.11. The molecule has 2 rings (SSSR count). The van der Waals surface area contributed by atoms with Gasteiger partial charge in [0.2, 0.25) is 5.91 Å². The van der Waals surface area contributed by atoms with Gasteiger partial charge in [0.25, 0.3) is 0 Å². The standard InChI is InChI=1S/C15H19N3O/c1-17-9-10-18(12-15(17)19)11-14-6-3-2-5-13(14)7-4-8-16/h2-3,5-6H,8-12,16H2,1H3. The highest BCUT2D eigenvalue weighted by molar-refractivity contribution is 5.78. The van der Waals surface area contributed by atoms with Crippen LogP contribution in [0, 0.1) is 11.8 Å². The molecule has 100 valence electrons. The average molecular weight is 257 g/mol. The van der Waals surface area contributed by atoms with Crippen LogP contribution in [0.4, 0.5) is 0 Å². The van der Waals surface area contributed by atoms with Gasteiger partial charge in [-0.05, 0) is 11.6 Å². The summed E-state index contributed by atoms with van der Waals surface area (Å²) in [4.78, 5) is 15.6. The molecular weight excluding hydrogens is 238 g/mol. The molecule has 1 amide bonds. The Bertz CT molecular complexity index is 516. The molecule has 0 unspecified atom stereocenters. The van der Waals surface area contributed by atoms with E-state index in [9.17, 15) is 4.79 Å². The fraction of sp³-hybridized carbons (Fsp3) is 0.400. The summed E-state index contributed by atoms with van der Waals surface area (Å²) in [7, 11) is 1.85. The van der Waals surface area contributed by atoms with Crippen LogP contribution in [-0.4, -0.2) is 48.9 Å². The third-order valence-electron chi connectivity index (χ3n) is 3.27. The third kappa shape index (κ3) is 3.57. The quantitative estimate of drug-likeness (QED) is 0.774. The maximum absolute atomic E-state index is 11.7. The van der Waals surface area contributed by atoms with E-state index in [-0.39, 0.29) is 5.91 Å². The second-order valence-electron chi connectivity index (χ2n) is 4.69. The lowest BCUT2D eigenvalue weighted by Gasteiger charge is -2.32. The lowest BCUT2D eigenvalue weighted by atomic mass is 10.1. The zero-order valence-corrected chi connectivity index (χ0v) is 11.2. The fourth-order valence-corrected chi connectivity index (χ4v) is 2.11. The molecule has 2 N–H and O–H groups in total. The van der Waals surface area contributed by atoms with E-state index < -0.39 is 0 Å². The predicted molar refractivity (Wildman–Crippen MR) is 75.3 cm³/mol. The molecule has 0 aliphatic carbocycles. The summed E-state index contributed by atoms with van der Waals surface area (Å²) in [5.74, 6) is 6.15. The molecule has 0 bridgehead atoms. The SMILES string of the molecule is CN1CCN(Cc2ccccc2C#CCN)CC1=O. The maximum Gasteiger partial charge on any atom is 0.236 e. The van der Waals surface area contributed by atoms with Gasteiger partial charge in [-0.3, -0.25) is 9.69 Å². The van der Waals surface area contributed by atoms with Gasteiger partial charge in [-0.15, -0.1) is 0 Å². The molecular formula is C15H19N3O. The average Bonchev–Trinajstić information content (AvgIpc) is 2.42. The van der Waals surface area contributed by atoms with Crippen molar-refractivity contribution in [2.45, 2.75) is 6.54 Å². The minimum Gasteiger partial charge on any atom is -0.343 e. The van der Waals surface area contributed by atoms with Crippen molar-refractivity contribution in [2.75, 3.05) is 33.2 Å². The topological polar surface area (TPSA) is 49.6 Å². The van der Waals surface area contributed by atoms with Gasteiger partial charge < -0.3 is 10.6 Å². The van der Waals surface area contributed by atoms with Crippen LogP contribution < -0.4 is 5.73 Å². The summed E-state index contributed by atoms with van der Waals surface area (Å²) in [6.07, 6.45) is 0. The van der Waals surface area contributed by atoms with Crippen LogP contribution in [0.2, 0.25) is 0 Å². The lowest BCUT2D eigenvalue weighted by molar-refractivity contribution is -0.134. The molecule has 1 aromatic rings. The van der Waals surface area contributed by atoms with Crippen LogP contribution in [0.3, 0.4) is 0 Å². The maximum atomic E-state index is 11.7. The number of rotatable bonds is 2. The largest absolute Gasteiger partial charge is 0.343 e. The highest BCUT2D eigenvalue weighted by Gasteiger charge is 2.21. The second kappa shape index (κ2) is 6.37. The number of hydrogen-bond donors (Lipinski definition) is 1. The van der Waals surface area contributed by atoms with Gasteiger partial charge in [0.1, 0.15) is 0 Å². The Labute approximate surface area is 114 Å². The Balaban J connectivity index is 2.09. The molecule has 0 radical (unpaired) electrons. The van der Waals surface area contributed by atoms with Gasteiger partial charge in [-0.1, -0.05) is 30.0 Å². The highest BCUT2D eigenvalue weighted by Crippen LogP contribution is 2.12. The van der Waals surface area contributed by atoms with Crippen molar-refractivity contribution >= 4 is 5.91 Å². The molecule has 0 atom stereocenters. The molecule has 1 aliphatic rings. The first-order valence-electron chi connectivity index (χ1n) is 6.44.